The fourth-order valence-electron chi connectivity index (χ4n) is 1.93. The van der Waals surface area contributed by atoms with Crippen LogP contribution >= 0.6 is 0 Å². The molecular weight excluding hydrogens is 188 g/mol. The standard InChI is InChI=1S/C11H14N4/c1-8-2-3-15(7-8)11-10(13)4-9(5-12)6-14-11/h4,6,8H,2-3,7,13H2,1H3. The first kappa shape index (κ1) is 9.78. The van der Waals surface area contributed by atoms with Crippen molar-refractivity contribution in [3.05, 3.63) is 17.8 Å². The van der Waals surface area contributed by atoms with E-state index in [1.807, 2.05) is 6.07 Å². The first-order valence-electron chi connectivity index (χ1n) is 5.11. The van der Waals surface area contributed by atoms with E-state index in [0.29, 0.717) is 17.2 Å². The zero-order chi connectivity index (χ0) is 10.8. The highest BCUT2D eigenvalue weighted by molar-refractivity contribution is 5.64. The van der Waals surface area contributed by atoms with Crippen molar-refractivity contribution in [1.82, 2.24) is 4.98 Å². The molecule has 1 unspecified atom stereocenters. The molecule has 0 aromatic carbocycles. The minimum absolute atomic E-state index is 0.517. The molecule has 2 rings (SSSR count). The van der Waals surface area contributed by atoms with Crippen LogP contribution in [-0.2, 0) is 0 Å². The van der Waals surface area contributed by atoms with Gasteiger partial charge in [0.1, 0.15) is 6.07 Å². The van der Waals surface area contributed by atoms with Crippen LogP contribution in [0.2, 0.25) is 0 Å². The van der Waals surface area contributed by atoms with Gasteiger partial charge in [0, 0.05) is 19.3 Å². The third-order valence-corrected chi connectivity index (χ3v) is 2.75. The fourth-order valence-corrected chi connectivity index (χ4v) is 1.93. The lowest BCUT2D eigenvalue weighted by molar-refractivity contribution is 0.659. The second kappa shape index (κ2) is 3.77. The molecule has 2 N–H and O–H groups in total. The topological polar surface area (TPSA) is 65.9 Å². The number of aromatic nitrogens is 1. The average molecular weight is 202 g/mol. The van der Waals surface area contributed by atoms with Gasteiger partial charge in [-0.1, -0.05) is 6.92 Å². The molecule has 0 saturated carbocycles. The maximum atomic E-state index is 8.70. The van der Waals surface area contributed by atoms with Crippen molar-refractivity contribution in [2.24, 2.45) is 5.92 Å². The lowest BCUT2D eigenvalue weighted by atomic mass is 10.2. The molecule has 1 aromatic heterocycles. The van der Waals surface area contributed by atoms with Gasteiger partial charge in [0.2, 0.25) is 0 Å². The van der Waals surface area contributed by atoms with Gasteiger partial charge < -0.3 is 10.6 Å². The highest BCUT2D eigenvalue weighted by atomic mass is 15.2. The molecule has 1 aliphatic heterocycles. The zero-order valence-corrected chi connectivity index (χ0v) is 8.77. The van der Waals surface area contributed by atoms with Crippen molar-refractivity contribution in [3.63, 3.8) is 0 Å². The number of nitrogen functional groups attached to an aromatic ring is 1. The Morgan fingerprint density at radius 1 is 1.67 bits per heavy atom. The smallest absolute Gasteiger partial charge is 0.151 e. The first-order chi connectivity index (χ1) is 7.20. The van der Waals surface area contributed by atoms with Crippen LogP contribution in [0.3, 0.4) is 0 Å². The van der Waals surface area contributed by atoms with Crippen LogP contribution in [0.1, 0.15) is 18.9 Å². The van der Waals surface area contributed by atoms with E-state index < -0.39 is 0 Å². The van der Waals surface area contributed by atoms with Gasteiger partial charge in [0.05, 0.1) is 11.3 Å². The Hall–Kier alpha value is -1.76. The molecule has 0 radical (unpaired) electrons. The lowest BCUT2D eigenvalue weighted by Crippen LogP contribution is -2.21. The number of nitrogens with two attached hydrogens (primary N) is 1. The Bertz CT molecular complexity index is 408. The summed E-state index contributed by atoms with van der Waals surface area (Å²) in [5.41, 5.74) is 6.98. The Labute approximate surface area is 89.3 Å². The highest BCUT2D eigenvalue weighted by Crippen LogP contribution is 2.26. The van der Waals surface area contributed by atoms with Crippen LogP contribution < -0.4 is 10.6 Å². The first-order valence-corrected chi connectivity index (χ1v) is 5.11. The quantitative estimate of drug-likeness (QED) is 0.747. The number of nitrogens with zero attached hydrogens (tertiary/aromatic N) is 3. The van der Waals surface area contributed by atoms with Crippen LogP contribution in [0.15, 0.2) is 12.3 Å². The third-order valence-electron chi connectivity index (χ3n) is 2.75. The van der Waals surface area contributed by atoms with Gasteiger partial charge in [-0.25, -0.2) is 4.98 Å². The number of anilines is 2. The second-order valence-corrected chi connectivity index (χ2v) is 4.09. The normalized spacial score (nSPS) is 20.3. The van der Waals surface area contributed by atoms with Gasteiger partial charge in [-0.05, 0) is 18.4 Å². The van der Waals surface area contributed by atoms with Crippen molar-refractivity contribution in [2.45, 2.75) is 13.3 Å². The Balaban J connectivity index is 2.26. The van der Waals surface area contributed by atoms with Crippen molar-refractivity contribution in [2.75, 3.05) is 23.7 Å². The van der Waals surface area contributed by atoms with E-state index in [4.69, 9.17) is 11.0 Å². The molecule has 0 bridgehead atoms. The summed E-state index contributed by atoms with van der Waals surface area (Å²) < 4.78 is 0. The summed E-state index contributed by atoms with van der Waals surface area (Å²) >= 11 is 0. The van der Waals surface area contributed by atoms with E-state index in [9.17, 15) is 0 Å². The van der Waals surface area contributed by atoms with Gasteiger partial charge in [-0.2, -0.15) is 5.26 Å². The minimum Gasteiger partial charge on any atom is -0.396 e. The SMILES string of the molecule is CC1CCN(c2ncc(C#N)cc2N)C1. The number of hydrogen-bond donors (Lipinski definition) is 1. The Morgan fingerprint density at radius 2 is 2.47 bits per heavy atom. The fraction of sp³-hybridized carbons (Fsp3) is 0.455. The van der Waals surface area contributed by atoms with Gasteiger partial charge in [-0.3, -0.25) is 0 Å². The Morgan fingerprint density at radius 3 is 3.00 bits per heavy atom. The van der Waals surface area contributed by atoms with Gasteiger partial charge >= 0.3 is 0 Å². The second-order valence-electron chi connectivity index (χ2n) is 4.09. The molecule has 1 aromatic rings. The van der Waals surface area contributed by atoms with Crippen LogP contribution in [0.5, 0.6) is 0 Å². The maximum absolute atomic E-state index is 8.70. The molecule has 2 heterocycles. The molecule has 1 aliphatic rings. The van der Waals surface area contributed by atoms with Crippen molar-refractivity contribution in [3.8, 4) is 6.07 Å². The van der Waals surface area contributed by atoms with Crippen LogP contribution in [0, 0.1) is 17.2 Å². The molecule has 0 spiro atoms. The molecule has 4 nitrogen and oxygen atoms in total. The van der Waals surface area contributed by atoms with Crippen LogP contribution in [0.25, 0.3) is 0 Å². The largest absolute Gasteiger partial charge is 0.396 e. The van der Waals surface area contributed by atoms with Crippen molar-refractivity contribution in [1.29, 1.82) is 5.26 Å². The number of pyridine rings is 1. The van der Waals surface area contributed by atoms with Gasteiger partial charge in [0.25, 0.3) is 0 Å². The maximum Gasteiger partial charge on any atom is 0.151 e. The number of rotatable bonds is 1. The van der Waals surface area contributed by atoms with E-state index in [-0.39, 0.29) is 0 Å². The Kier molecular flexibility index (Phi) is 2.46. The predicted molar refractivity (Wildman–Crippen MR) is 59.4 cm³/mol. The monoisotopic (exact) mass is 202 g/mol. The summed E-state index contributed by atoms with van der Waals surface area (Å²) in [5.74, 6) is 1.51. The number of nitriles is 1. The van der Waals surface area contributed by atoms with Gasteiger partial charge in [-0.15, -0.1) is 0 Å². The van der Waals surface area contributed by atoms with Crippen molar-refractivity contribution >= 4 is 11.5 Å². The molecule has 1 fully saturated rings. The van der Waals surface area contributed by atoms with E-state index in [1.165, 1.54) is 6.42 Å². The van der Waals surface area contributed by atoms with E-state index >= 15 is 0 Å². The molecule has 15 heavy (non-hydrogen) atoms. The summed E-state index contributed by atoms with van der Waals surface area (Å²) in [6.45, 7) is 4.23. The molecule has 4 heteroatoms. The molecule has 1 saturated heterocycles. The summed E-state index contributed by atoms with van der Waals surface area (Å²) in [6, 6.07) is 3.72. The lowest BCUT2D eigenvalue weighted by Gasteiger charge is -2.18. The molecule has 0 amide bonds. The summed E-state index contributed by atoms with van der Waals surface area (Å²) in [6.07, 6.45) is 2.76. The van der Waals surface area contributed by atoms with Gasteiger partial charge in [0.15, 0.2) is 5.82 Å². The van der Waals surface area contributed by atoms with Crippen LogP contribution in [0.4, 0.5) is 11.5 Å². The number of hydrogen-bond acceptors (Lipinski definition) is 4. The molecule has 1 atom stereocenters. The summed E-state index contributed by atoms with van der Waals surface area (Å²) in [5, 5.41) is 8.70. The van der Waals surface area contributed by atoms with Crippen molar-refractivity contribution < 1.29 is 0 Å². The average Bonchev–Trinajstić information content (AvgIpc) is 2.64. The summed E-state index contributed by atoms with van der Waals surface area (Å²) in [7, 11) is 0. The van der Waals surface area contributed by atoms with E-state index in [2.05, 4.69) is 16.8 Å². The highest BCUT2D eigenvalue weighted by Gasteiger charge is 2.21. The van der Waals surface area contributed by atoms with E-state index in [1.54, 1.807) is 12.3 Å². The molecule has 78 valence electrons. The van der Waals surface area contributed by atoms with Crippen LogP contribution in [-0.4, -0.2) is 18.1 Å². The third kappa shape index (κ3) is 1.86. The summed E-state index contributed by atoms with van der Waals surface area (Å²) in [4.78, 5) is 6.43. The molecular formula is C11H14N4. The van der Waals surface area contributed by atoms with E-state index in [0.717, 1.165) is 18.9 Å². The zero-order valence-electron chi connectivity index (χ0n) is 8.77. The minimum atomic E-state index is 0.517. The predicted octanol–water partition coefficient (Wildman–Crippen LogP) is 1.38. The molecule has 0 aliphatic carbocycles.